The van der Waals surface area contributed by atoms with Crippen LogP contribution in [-0.4, -0.2) is 22.8 Å². The Kier molecular flexibility index (Phi) is 6.28. The summed E-state index contributed by atoms with van der Waals surface area (Å²) in [5.74, 6) is 0.253. The lowest BCUT2D eigenvalue weighted by Crippen LogP contribution is -2.12. The second kappa shape index (κ2) is 8.42. The lowest BCUT2D eigenvalue weighted by molar-refractivity contribution is -0.136. The zero-order chi connectivity index (χ0) is 17.4. The maximum absolute atomic E-state index is 13.3. The first-order chi connectivity index (χ1) is 11.5. The number of hydrogen-bond acceptors (Lipinski definition) is 4. The quantitative estimate of drug-likeness (QED) is 0.575. The van der Waals surface area contributed by atoms with Gasteiger partial charge in [-0.2, -0.15) is 13.2 Å². The Hall–Kier alpha value is -2.44. The predicted octanol–water partition coefficient (Wildman–Crippen LogP) is 4.33. The zero-order valence-electron chi connectivity index (χ0n) is 13.0. The number of benzene rings is 1. The number of nitrogens with one attached hydrogen (secondary N) is 1. The summed E-state index contributed by atoms with van der Waals surface area (Å²) >= 11 is 0. The van der Waals surface area contributed by atoms with E-state index < -0.39 is 11.7 Å². The number of carbonyl (C=O) groups excluding carboxylic acids is 1. The van der Waals surface area contributed by atoms with Crippen molar-refractivity contribution in [1.82, 2.24) is 9.97 Å². The number of unbranched alkanes of at least 4 members (excludes halogenated alkanes) is 3. The molecule has 0 unspecified atom stereocenters. The first-order valence-electron chi connectivity index (χ1n) is 7.68. The van der Waals surface area contributed by atoms with E-state index in [0.29, 0.717) is 24.9 Å². The Balaban J connectivity index is 2.12. The minimum Gasteiger partial charge on any atom is -0.385 e. The van der Waals surface area contributed by atoms with Crippen molar-refractivity contribution in [2.75, 3.05) is 11.9 Å². The van der Waals surface area contributed by atoms with Gasteiger partial charge in [-0.1, -0.05) is 6.42 Å². The van der Waals surface area contributed by atoms with Crippen LogP contribution in [0.15, 0.2) is 36.7 Å². The average molecular weight is 337 g/mol. The normalized spacial score (nSPS) is 11.3. The SMILES string of the molecule is O=CCCCCCNc1ccc(-c2ncccn2)cc1C(F)(F)F. The van der Waals surface area contributed by atoms with E-state index in [2.05, 4.69) is 15.3 Å². The number of aldehydes is 1. The standard InChI is InChI=1S/C17H18F3N3O/c18-17(19,20)14-12-13(16-22-9-5-10-23-16)6-7-15(14)21-8-3-1-2-4-11-24/h5-7,9-12,21H,1-4,8H2. The predicted molar refractivity (Wildman–Crippen MR) is 85.5 cm³/mol. The summed E-state index contributed by atoms with van der Waals surface area (Å²) in [5.41, 5.74) is -0.377. The molecule has 0 saturated carbocycles. The minimum atomic E-state index is -4.47. The molecule has 0 spiro atoms. The molecule has 0 radical (unpaired) electrons. The molecule has 1 aromatic carbocycles. The molecule has 7 heteroatoms. The number of rotatable bonds is 8. The maximum atomic E-state index is 13.3. The molecule has 1 aromatic heterocycles. The fraction of sp³-hybridized carbons (Fsp3) is 0.353. The fourth-order valence-electron chi connectivity index (χ4n) is 2.27. The van der Waals surface area contributed by atoms with Crippen molar-refractivity contribution in [2.45, 2.75) is 31.9 Å². The van der Waals surface area contributed by atoms with Crippen molar-refractivity contribution in [1.29, 1.82) is 0 Å². The maximum Gasteiger partial charge on any atom is 0.418 e. The average Bonchev–Trinajstić information content (AvgIpc) is 2.58. The molecule has 128 valence electrons. The van der Waals surface area contributed by atoms with Gasteiger partial charge in [0.1, 0.15) is 6.29 Å². The van der Waals surface area contributed by atoms with Crippen LogP contribution in [0.3, 0.4) is 0 Å². The number of hydrogen-bond donors (Lipinski definition) is 1. The van der Waals surface area contributed by atoms with Gasteiger partial charge in [-0.15, -0.1) is 0 Å². The van der Waals surface area contributed by atoms with E-state index >= 15 is 0 Å². The summed E-state index contributed by atoms with van der Waals surface area (Å²) < 4.78 is 39.9. The third-order valence-corrected chi connectivity index (χ3v) is 3.46. The Labute approximate surface area is 138 Å². The highest BCUT2D eigenvalue weighted by Gasteiger charge is 2.34. The molecule has 0 fully saturated rings. The number of nitrogens with zero attached hydrogens (tertiary/aromatic N) is 2. The Morgan fingerprint density at radius 2 is 1.83 bits per heavy atom. The summed E-state index contributed by atoms with van der Waals surface area (Å²) in [5, 5.41) is 2.83. The third-order valence-electron chi connectivity index (χ3n) is 3.46. The highest BCUT2D eigenvalue weighted by Crippen LogP contribution is 2.37. The van der Waals surface area contributed by atoms with Gasteiger partial charge in [0.05, 0.1) is 5.56 Å². The van der Waals surface area contributed by atoms with Crippen molar-refractivity contribution in [3.05, 3.63) is 42.2 Å². The van der Waals surface area contributed by atoms with Gasteiger partial charge in [0.25, 0.3) is 0 Å². The first kappa shape index (κ1) is 17.9. The number of halogens is 3. The van der Waals surface area contributed by atoms with E-state index in [1.54, 1.807) is 12.1 Å². The Morgan fingerprint density at radius 1 is 1.08 bits per heavy atom. The minimum absolute atomic E-state index is 0.0394. The Morgan fingerprint density at radius 3 is 2.50 bits per heavy atom. The number of anilines is 1. The summed E-state index contributed by atoms with van der Waals surface area (Å²) in [6.45, 7) is 0.420. The summed E-state index contributed by atoms with van der Waals surface area (Å²) in [6.07, 6.45) is 2.09. The van der Waals surface area contributed by atoms with Gasteiger partial charge >= 0.3 is 6.18 Å². The van der Waals surface area contributed by atoms with Crippen LogP contribution in [0.4, 0.5) is 18.9 Å². The molecule has 2 rings (SSSR count). The lowest BCUT2D eigenvalue weighted by Gasteiger charge is -2.15. The molecule has 2 aromatic rings. The third kappa shape index (κ3) is 5.04. The van der Waals surface area contributed by atoms with Crippen LogP contribution >= 0.6 is 0 Å². The molecule has 0 bridgehead atoms. The molecule has 4 nitrogen and oxygen atoms in total. The van der Waals surface area contributed by atoms with Crippen LogP contribution in [0, 0.1) is 0 Å². The van der Waals surface area contributed by atoms with Crippen LogP contribution in [0.5, 0.6) is 0 Å². The van der Waals surface area contributed by atoms with Crippen LogP contribution in [-0.2, 0) is 11.0 Å². The lowest BCUT2D eigenvalue weighted by atomic mass is 10.1. The molecule has 1 heterocycles. The van der Waals surface area contributed by atoms with E-state index in [4.69, 9.17) is 0 Å². The second-order valence-corrected chi connectivity index (χ2v) is 5.27. The van der Waals surface area contributed by atoms with Gasteiger partial charge in [-0.05, 0) is 37.1 Å². The number of carbonyl (C=O) groups is 1. The molecule has 0 aliphatic carbocycles. The van der Waals surface area contributed by atoms with Crippen molar-refractivity contribution < 1.29 is 18.0 Å². The molecular weight excluding hydrogens is 319 g/mol. The first-order valence-corrected chi connectivity index (χ1v) is 7.68. The molecule has 1 N–H and O–H groups in total. The highest BCUT2D eigenvalue weighted by molar-refractivity contribution is 5.64. The van der Waals surface area contributed by atoms with Gasteiger partial charge in [0.15, 0.2) is 5.82 Å². The van der Waals surface area contributed by atoms with E-state index in [-0.39, 0.29) is 11.5 Å². The van der Waals surface area contributed by atoms with E-state index in [9.17, 15) is 18.0 Å². The number of alkyl halides is 3. The van der Waals surface area contributed by atoms with Crippen molar-refractivity contribution >= 4 is 12.0 Å². The molecule has 0 saturated heterocycles. The van der Waals surface area contributed by atoms with Gasteiger partial charge in [-0.25, -0.2) is 9.97 Å². The molecule has 0 aliphatic rings. The second-order valence-electron chi connectivity index (χ2n) is 5.27. The summed E-state index contributed by atoms with van der Waals surface area (Å²) in [4.78, 5) is 18.2. The smallest absolute Gasteiger partial charge is 0.385 e. The summed E-state index contributed by atoms with van der Waals surface area (Å²) in [7, 11) is 0. The topological polar surface area (TPSA) is 54.9 Å². The largest absolute Gasteiger partial charge is 0.418 e. The molecule has 0 atom stereocenters. The Bertz CT molecular complexity index is 660. The van der Waals surface area contributed by atoms with Crippen molar-refractivity contribution in [3.63, 3.8) is 0 Å². The molecule has 24 heavy (non-hydrogen) atoms. The van der Waals surface area contributed by atoms with Crippen LogP contribution in [0.1, 0.15) is 31.2 Å². The molecule has 0 aliphatic heterocycles. The van der Waals surface area contributed by atoms with Crippen LogP contribution in [0.2, 0.25) is 0 Å². The van der Waals surface area contributed by atoms with Crippen LogP contribution in [0.25, 0.3) is 11.4 Å². The highest BCUT2D eigenvalue weighted by atomic mass is 19.4. The van der Waals surface area contributed by atoms with Crippen molar-refractivity contribution in [3.8, 4) is 11.4 Å². The zero-order valence-corrected chi connectivity index (χ0v) is 13.0. The van der Waals surface area contributed by atoms with Gasteiger partial charge in [0.2, 0.25) is 0 Å². The fourth-order valence-corrected chi connectivity index (χ4v) is 2.27. The van der Waals surface area contributed by atoms with Gasteiger partial charge < -0.3 is 10.1 Å². The summed E-state index contributed by atoms with van der Waals surface area (Å²) in [6, 6.07) is 5.64. The number of aromatic nitrogens is 2. The van der Waals surface area contributed by atoms with E-state index in [1.807, 2.05) is 0 Å². The molecular formula is C17H18F3N3O. The van der Waals surface area contributed by atoms with Crippen molar-refractivity contribution in [2.24, 2.45) is 0 Å². The van der Waals surface area contributed by atoms with E-state index in [0.717, 1.165) is 25.2 Å². The van der Waals surface area contributed by atoms with Crippen LogP contribution < -0.4 is 5.32 Å². The van der Waals surface area contributed by atoms with Gasteiger partial charge in [-0.3, -0.25) is 0 Å². The monoisotopic (exact) mass is 337 g/mol. The van der Waals surface area contributed by atoms with E-state index in [1.165, 1.54) is 18.5 Å². The van der Waals surface area contributed by atoms with Gasteiger partial charge in [0, 0.05) is 36.6 Å². The molecule has 0 amide bonds.